The molecule has 5 nitrogen and oxygen atoms in total. The van der Waals surface area contributed by atoms with Crippen LogP contribution in [0, 0.1) is 0 Å². The molecule has 1 saturated heterocycles. The molecule has 0 aliphatic carbocycles. The molecule has 1 aliphatic heterocycles. The molecule has 1 N–H and O–H groups in total. The minimum Gasteiger partial charge on any atom is -0.489 e. The van der Waals surface area contributed by atoms with Gasteiger partial charge in [0.25, 0.3) is 11.8 Å². The van der Waals surface area contributed by atoms with E-state index in [0.717, 1.165) is 0 Å². The molecule has 2 rings (SSSR count). The topological polar surface area (TPSA) is 58.6 Å². The third kappa shape index (κ3) is 3.45. The molecule has 0 radical (unpaired) electrons. The fourth-order valence-corrected chi connectivity index (χ4v) is 2.28. The number of hydrogen-bond donors (Lipinski definition) is 1. The Hall–Kier alpha value is -1.92. The summed E-state index contributed by atoms with van der Waals surface area (Å²) in [4.78, 5) is 25.2. The first kappa shape index (κ1) is 16.5. The molecule has 7 heteroatoms. The summed E-state index contributed by atoms with van der Waals surface area (Å²) in [5.74, 6) is -0.421. The van der Waals surface area contributed by atoms with E-state index in [-0.39, 0.29) is 16.8 Å². The Morgan fingerprint density at radius 3 is 2.64 bits per heavy atom. The van der Waals surface area contributed by atoms with E-state index in [1.807, 2.05) is 13.8 Å². The van der Waals surface area contributed by atoms with Gasteiger partial charge in [0.1, 0.15) is 11.3 Å². The van der Waals surface area contributed by atoms with Crippen LogP contribution in [0.1, 0.15) is 19.4 Å². The number of likely N-dealkylation sites (N-methyl/N-ethyl adjacent to an activating group) is 1. The van der Waals surface area contributed by atoms with E-state index < -0.39 is 11.8 Å². The summed E-state index contributed by atoms with van der Waals surface area (Å²) in [5, 5.41) is 2.95. The number of benzene rings is 1. The van der Waals surface area contributed by atoms with Gasteiger partial charge in [0.15, 0.2) is 5.11 Å². The summed E-state index contributed by atoms with van der Waals surface area (Å²) >= 11 is 11.0. The number of thiocarbonyl (C=S) groups is 1. The van der Waals surface area contributed by atoms with Crippen molar-refractivity contribution >= 4 is 46.8 Å². The number of nitrogens with one attached hydrogen (secondary N) is 1. The van der Waals surface area contributed by atoms with Gasteiger partial charge in [0, 0.05) is 7.05 Å². The van der Waals surface area contributed by atoms with Crippen molar-refractivity contribution in [2.75, 3.05) is 7.05 Å². The Labute approximate surface area is 138 Å². The van der Waals surface area contributed by atoms with Gasteiger partial charge in [-0.3, -0.25) is 19.8 Å². The van der Waals surface area contributed by atoms with Crippen LogP contribution in [-0.4, -0.2) is 35.0 Å². The number of carbonyl (C=O) groups is 2. The Morgan fingerprint density at radius 2 is 2.05 bits per heavy atom. The van der Waals surface area contributed by atoms with Gasteiger partial charge in [-0.05, 0) is 49.8 Å². The van der Waals surface area contributed by atoms with E-state index in [1.54, 1.807) is 18.2 Å². The normalized spacial score (nSPS) is 17.2. The van der Waals surface area contributed by atoms with Crippen LogP contribution in [0.3, 0.4) is 0 Å². The largest absolute Gasteiger partial charge is 0.489 e. The second-order valence-electron chi connectivity index (χ2n) is 5.04. The minimum absolute atomic E-state index is 0.00191. The molecular weight excluding hydrogens is 324 g/mol. The van der Waals surface area contributed by atoms with Crippen LogP contribution < -0.4 is 10.1 Å². The fourth-order valence-electron chi connectivity index (χ4n) is 1.87. The third-order valence-electron chi connectivity index (χ3n) is 2.93. The Bertz CT molecular complexity index is 685. The van der Waals surface area contributed by atoms with Crippen LogP contribution in [0.15, 0.2) is 23.8 Å². The Morgan fingerprint density at radius 1 is 1.36 bits per heavy atom. The summed E-state index contributed by atoms with van der Waals surface area (Å²) in [6.45, 7) is 3.80. The SMILES string of the molecule is CC(C)Oc1ccc(/C=C2\C(=O)NC(=S)N(C)C2=O)cc1Cl. The molecule has 1 aliphatic rings. The lowest BCUT2D eigenvalue weighted by molar-refractivity contribution is -0.128. The molecule has 0 spiro atoms. The van der Waals surface area contributed by atoms with Crippen LogP contribution >= 0.6 is 23.8 Å². The summed E-state index contributed by atoms with van der Waals surface area (Å²) in [6.07, 6.45) is 1.48. The predicted octanol–water partition coefficient (Wildman–Crippen LogP) is 2.38. The number of amides is 2. The van der Waals surface area contributed by atoms with E-state index >= 15 is 0 Å². The van der Waals surface area contributed by atoms with Crippen molar-refractivity contribution in [3.8, 4) is 5.75 Å². The molecule has 1 aromatic carbocycles. The van der Waals surface area contributed by atoms with Gasteiger partial charge >= 0.3 is 0 Å². The number of ether oxygens (including phenoxy) is 1. The van der Waals surface area contributed by atoms with Crippen molar-refractivity contribution in [3.05, 3.63) is 34.4 Å². The van der Waals surface area contributed by atoms with E-state index in [2.05, 4.69) is 5.32 Å². The lowest BCUT2D eigenvalue weighted by Gasteiger charge is -2.25. The first-order valence-electron chi connectivity index (χ1n) is 6.61. The van der Waals surface area contributed by atoms with Crippen LogP contribution in [0.4, 0.5) is 0 Å². The van der Waals surface area contributed by atoms with Crippen LogP contribution in [-0.2, 0) is 9.59 Å². The zero-order valence-corrected chi connectivity index (χ0v) is 13.9. The van der Waals surface area contributed by atoms with E-state index in [1.165, 1.54) is 18.0 Å². The molecule has 22 heavy (non-hydrogen) atoms. The number of nitrogens with zero attached hydrogens (tertiary/aromatic N) is 1. The lowest BCUT2D eigenvalue weighted by atomic mass is 10.1. The summed E-state index contributed by atoms with van der Waals surface area (Å²) in [6, 6.07) is 5.07. The Kier molecular flexibility index (Phi) is 4.83. The molecule has 0 saturated carbocycles. The van der Waals surface area contributed by atoms with Crippen molar-refractivity contribution < 1.29 is 14.3 Å². The van der Waals surface area contributed by atoms with Gasteiger partial charge in [-0.25, -0.2) is 0 Å². The van der Waals surface area contributed by atoms with Gasteiger partial charge in [-0.15, -0.1) is 0 Å². The van der Waals surface area contributed by atoms with Crippen molar-refractivity contribution in [2.24, 2.45) is 0 Å². The van der Waals surface area contributed by atoms with Gasteiger partial charge in [0.2, 0.25) is 0 Å². The predicted molar refractivity (Wildman–Crippen MR) is 88.7 cm³/mol. The molecule has 2 amide bonds. The molecule has 0 bridgehead atoms. The van der Waals surface area contributed by atoms with E-state index in [9.17, 15) is 9.59 Å². The van der Waals surface area contributed by atoms with Gasteiger partial charge in [0.05, 0.1) is 11.1 Å². The zero-order chi connectivity index (χ0) is 16.4. The maximum absolute atomic E-state index is 12.1. The average molecular weight is 339 g/mol. The molecule has 0 aromatic heterocycles. The highest BCUT2D eigenvalue weighted by molar-refractivity contribution is 7.80. The molecule has 1 fully saturated rings. The van der Waals surface area contributed by atoms with Crippen molar-refractivity contribution in [1.29, 1.82) is 0 Å². The maximum Gasteiger partial charge on any atom is 0.265 e. The Balaban J connectivity index is 2.32. The second-order valence-corrected chi connectivity index (χ2v) is 5.83. The standard InChI is InChI=1S/C15H15ClN2O3S/c1-8(2)21-12-5-4-9(7-11(12)16)6-10-13(19)17-15(22)18(3)14(10)20/h4-8H,1-3H3,(H,17,19,22)/b10-6+. The quantitative estimate of drug-likeness (QED) is 0.522. The van der Waals surface area contributed by atoms with Crippen molar-refractivity contribution in [3.63, 3.8) is 0 Å². The van der Waals surface area contributed by atoms with Crippen molar-refractivity contribution in [2.45, 2.75) is 20.0 Å². The third-order valence-corrected chi connectivity index (χ3v) is 3.61. The van der Waals surface area contributed by atoms with E-state index in [0.29, 0.717) is 16.3 Å². The van der Waals surface area contributed by atoms with Crippen LogP contribution in [0.2, 0.25) is 5.02 Å². The van der Waals surface area contributed by atoms with Crippen LogP contribution in [0.5, 0.6) is 5.75 Å². The fraction of sp³-hybridized carbons (Fsp3) is 0.267. The summed E-state index contributed by atoms with van der Waals surface area (Å²) < 4.78 is 5.54. The summed E-state index contributed by atoms with van der Waals surface area (Å²) in [7, 11) is 1.50. The number of hydrogen-bond acceptors (Lipinski definition) is 4. The summed E-state index contributed by atoms with van der Waals surface area (Å²) in [5.41, 5.74) is 0.630. The lowest BCUT2D eigenvalue weighted by Crippen LogP contribution is -2.52. The first-order valence-corrected chi connectivity index (χ1v) is 7.39. The highest BCUT2D eigenvalue weighted by Gasteiger charge is 2.30. The number of carbonyl (C=O) groups excluding carboxylic acids is 2. The molecule has 1 heterocycles. The molecule has 116 valence electrons. The first-order chi connectivity index (χ1) is 10.3. The van der Waals surface area contributed by atoms with Crippen molar-refractivity contribution in [1.82, 2.24) is 10.2 Å². The average Bonchev–Trinajstić information content (AvgIpc) is 2.43. The minimum atomic E-state index is -0.522. The van der Waals surface area contributed by atoms with Gasteiger partial charge in [-0.1, -0.05) is 17.7 Å². The zero-order valence-electron chi connectivity index (χ0n) is 12.3. The highest BCUT2D eigenvalue weighted by atomic mass is 35.5. The van der Waals surface area contributed by atoms with Gasteiger partial charge in [-0.2, -0.15) is 0 Å². The molecule has 1 aromatic rings. The molecular formula is C15H15ClN2O3S. The smallest absolute Gasteiger partial charge is 0.265 e. The monoisotopic (exact) mass is 338 g/mol. The van der Waals surface area contributed by atoms with E-state index in [4.69, 9.17) is 28.6 Å². The molecule has 0 atom stereocenters. The maximum atomic E-state index is 12.1. The van der Waals surface area contributed by atoms with Crippen LogP contribution in [0.25, 0.3) is 6.08 Å². The number of halogens is 1. The molecule has 0 unspecified atom stereocenters. The number of rotatable bonds is 3. The second kappa shape index (κ2) is 6.46. The highest BCUT2D eigenvalue weighted by Crippen LogP contribution is 2.27. The van der Waals surface area contributed by atoms with Gasteiger partial charge < -0.3 is 4.74 Å².